The van der Waals surface area contributed by atoms with E-state index in [9.17, 15) is 4.39 Å². The summed E-state index contributed by atoms with van der Waals surface area (Å²) in [4.78, 5) is 0. The minimum atomic E-state index is -1.21. The highest BCUT2D eigenvalue weighted by molar-refractivity contribution is 6.30. The molecule has 14 heavy (non-hydrogen) atoms. The fourth-order valence-corrected chi connectivity index (χ4v) is 1.99. The molecule has 1 N–H and O–H groups in total. The molecule has 0 saturated carbocycles. The predicted octanol–water partition coefficient (Wildman–Crippen LogP) is 2.89. The monoisotopic (exact) mass is 213 g/mol. The van der Waals surface area contributed by atoms with Crippen LogP contribution in [0.1, 0.15) is 18.4 Å². The molecular formula is C11H13ClFN. The van der Waals surface area contributed by atoms with Crippen LogP contribution in [0.25, 0.3) is 0 Å². The molecule has 1 aliphatic heterocycles. The summed E-state index contributed by atoms with van der Waals surface area (Å²) in [5.74, 6) is 0. The molecule has 0 aromatic heterocycles. The van der Waals surface area contributed by atoms with Gasteiger partial charge in [0.15, 0.2) is 0 Å². The maximum Gasteiger partial charge on any atom is 0.148 e. The lowest BCUT2D eigenvalue weighted by Gasteiger charge is -2.30. The molecule has 1 nitrogen and oxygen atoms in total. The molecule has 1 unspecified atom stereocenters. The van der Waals surface area contributed by atoms with Crippen molar-refractivity contribution >= 4 is 11.6 Å². The van der Waals surface area contributed by atoms with Gasteiger partial charge in [-0.25, -0.2) is 4.39 Å². The van der Waals surface area contributed by atoms with Crippen LogP contribution in [-0.4, -0.2) is 13.1 Å². The molecule has 2 rings (SSSR count). The van der Waals surface area contributed by atoms with E-state index in [2.05, 4.69) is 5.32 Å². The SMILES string of the molecule is FC1(c2ccc(Cl)cc2)CCCNC1. The first kappa shape index (κ1) is 9.94. The normalized spacial score (nSPS) is 27.6. The van der Waals surface area contributed by atoms with Crippen molar-refractivity contribution in [2.24, 2.45) is 0 Å². The van der Waals surface area contributed by atoms with Crippen LogP contribution in [0.3, 0.4) is 0 Å². The van der Waals surface area contributed by atoms with Crippen molar-refractivity contribution in [2.75, 3.05) is 13.1 Å². The number of nitrogens with one attached hydrogen (secondary N) is 1. The molecule has 1 aliphatic rings. The molecule has 3 heteroatoms. The van der Waals surface area contributed by atoms with E-state index in [0.29, 0.717) is 18.0 Å². The Labute approximate surface area is 88.3 Å². The number of hydrogen-bond acceptors (Lipinski definition) is 1. The third-order valence-corrected chi connectivity index (χ3v) is 2.95. The molecule has 1 fully saturated rings. The van der Waals surface area contributed by atoms with Crippen LogP contribution in [0.5, 0.6) is 0 Å². The molecule has 0 bridgehead atoms. The fraction of sp³-hybridized carbons (Fsp3) is 0.455. The van der Waals surface area contributed by atoms with Gasteiger partial charge in [-0.1, -0.05) is 23.7 Å². The van der Waals surface area contributed by atoms with Gasteiger partial charge in [0.2, 0.25) is 0 Å². The number of benzene rings is 1. The van der Waals surface area contributed by atoms with Gasteiger partial charge in [0.1, 0.15) is 5.67 Å². The highest BCUT2D eigenvalue weighted by atomic mass is 35.5. The number of halogens is 2. The van der Waals surface area contributed by atoms with E-state index in [4.69, 9.17) is 11.6 Å². The summed E-state index contributed by atoms with van der Waals surface area (Å²) >= 11 is 5.76. The second-order valence-corrected chi connectivity index (χ2v) is 4.19. The van der Waals surface area contributed by atoms with Crippen LogP contribution >= 0.6 is 11.6 Å². The van der Waals surface area contributed by atoms with Gasteiger partial charge in [0, 0.05) is 11.6 Å². The van der Waals surface area contributed by atoms with Gasteiger partial charge in [-0.05, 0) is 37.1 Å². The molecule has 0 aliphatic carbocycles. The lowest BCUT2D eigenvalue weighted by atomic mass is 9.88. The van der Waals surface area contributed by atoms with Gasteiger partial charge in [0.25, 0.3) is 0 Å². The third kappa shape index (κ3) is 1.91. The van der Waals surface area contributed by atoms with Crippen LogP contribution in [0.2, 0.25) is 5.02 Å². The Balaban J connectivity index is 2.23. The van der Waals surface area contributed by atoms with Crippen LogP contribution in [0, 0.1) is 0 Å². The van der Waals surface area contributed by atoms with Crippen LogP contribution in [-0.2, 0) is 5.67 Å². The molecule has 1 saturated heterocycles. The number of rotatable bonds is 1. The Morgan fingerprint density at radius 3 is 2.57 bits per heavy atom. The lowest BCUT2D eigenvalue weighted by Crippen LogP contribution is -2.39. The van der Waals surface area contributed by atoms with Gasteiger partial charge < -0.3 is 5.32 Å². The van der Waals surface area contributed by atoms with Crippen molar-refractivity contribution in [1.29, 1.82) is 0 Å². The van der Waals surface area contributed by atoms with Gasteiger partial charge >= 0.3 is 0 Å². The summed E-state index contributed by atoms with van der Waals surface area (Å²) in [5, 5.41) is 3.73. The van der Waals surface area contributed by atoms with Crippen LogP contribution in [0.15, 0.2) is 24.3 Å². The molecule has 0 radical (unpaired) electrons. The smallest absolute Gasteiger partial charge is 0.148 e. The van der Waals surface area contributed by atoms with Crippen molar-refractivity contribution in [2.45, 2.75) is 18.5 Å². The Hall–Kier alpha value is -0.600. The van der Waals surface area contributed by atoms with Gasteiger partial charge in [-0.2, -0.15) is 0 Å². The van der Waals surface area contributed by atoms with Gasteiger partial charge in [0.05, 0.1) is 0 Å². The lowest BCUT2D eigenvalue weighted by molar-refractivity contribution is 0.122. The Kier molecular flexibility index (Phi) is 2.75. The summed E-state index contributed by atoms with van der Waals surface area (Å²) < 4.78 is 14.3. The summed E-state index contributed by atoms with van der Waals surface area (Å²) in [5.41, 5.74) is -0.475. The summed E-state index contributed by atoms with van der Waals surface area (Å²) in [6.07, 6.45) is 1.49. The molecule has 76 valence electrons. The molecule has 1 aromatic carbocycles. The summed E-state index contributed by atoms with van der Waals surface area (Å²) in [7, 11) is 0. The van der Waals surface area contributed by atoms with E-state index in [-0.39, 0.29) is 0 Å². The molecule has 1 atom stereocenters. The van der Waals surface area contributed by atoms with E-state index in [0.717, 1.165) is 18.5 Å². The second-order valence-electron chi connectivity index (χ2n) is 3.75. The van der Waals surface area contributed by atoms with E-state index in [1.807, 2.05) is 0 Å². The fourth-order valence-electron chi connectivity index (χ4n) is 1.86. The molecule has 1 heterocycles. The first-order valence-corrected chi connectivity index (χ1v) is 5.24. The highest BCUT2D eigenvalue weighted by Crippen LogP contribution is 2.33. The average molecular weight is 214 g/mol. The summed E-state index contributed by atoms with van der Waals surface area (Å²) in [6, 6.07) is 7.03. The van der Waals surface area contributed by atoms with Gasteiger partial charge in [-0.3, -0.25) is 0 Å². The average Bonchev–Trinajstić information content (AvgIpc) is 2.19. The van der Waals surface area contributed by atoms with Crippen molar-refractivity contribution in [3.05, 3.63) is 34.9 Å². The predicted molar refractivity (Wildman–Crippen MR) is 56.3 cm³/mol. The third-order valence-electron chi connectivity index (χ3n) is 2.69. The maximum absolute atomic E-state index is 14.3. The number of alkyl halides is 1. The van der Waals surface area contributed by atoms with E-state index in [1.165, 1.54) is 0 Å². The van der Waals surface area contributed by atoms with Crippen molar-refractivity contribution < 1.29 is 4.39 Å². The van der Waals surface area contributed by atoms with E-state index < -0.39 is 5.67 Å². The van der Waals surface area contributed by atoms with E-state index >= 15 is 0 Å². The molecule has 1 aromatic rings. The quantitative estimate of drug-likeness (QED) is 0.757. The van der Waals surface area contributed by atoms with Gasteiger partial charge in [-0.15, -0.1) is 0 Å². The topological polar surface area (TPSA) is 12.0 Å². The largest absolute Gasteiger partial charge is 0.313 e. The number of hydrogen-bond donors (Lipinski definition) is 1. The van der Waals surface area contributed by atoms with Crippen molar-refractivity contribution in [3.8, 4) is 0 Å². The van der Waals surface area contributed by atoms with Crippen molar-refractivity contribution in [3.63, 3.8) is 0 Å². The zero-order valence-electron chi connectivity index (χ0n) is 7.89. The van der Waals surface area contributed by atoms with Crippen LogP contribution in [0.4, 0.5) is 4.39 Å². The zero-order valence-corrected chi connectivity index (χ0v) is 8.65. The maximum atomic E-state index is 14.3. The first-order valence-electron chi connectivity index (χ1n) is 4.86. The second kappa shape index (κ2) is 3.87. The molecule has 0 spiro atoms. The Morgan fingerprint density at radius 1 is 1.29 bits per heavy atom. The van der Waals surface area contributed by atoms with Crippen molar-refractivity contribution in [1.82, 2.24) is 5.32 Å². The van der Waals surface area contributed by atoms with Crippen LogP contribution < -0.4 is 5.32 Å². The minimum Gasteiger partial charge on any atom is -0.313 e. The zero-order chi connectivity index (χ0) is 10.0. The Morgan fingerprint density at radius 2 is 2.00 bits per heavy atom. The Bertz CT molecular complexity index is 304. The summed E-state index contributed by atoms with van der Waals surface area (Å²) in [6.45, 7) is 1.33. The standard InChI is InChI=1S/C11H13ClFN/c12-10-4-2-9(3-5-10)11(13)6-1-7-14-8-11/h2-5,14H,1,6-8H2. The first-order chi connectivity index (χ1) is 6.71. The number of piperidine rings is 1. The highest BCUT2D eigenvalue weighted by Gasteiger charge is 2.33. The van der Waals surface area contributed by atoms with E-state index in [1.54, 1.807) is 24.3 Å². The molecular weight excluding hydrogens is 201 g/mol. The molecule has 0 amide bonds. The minimum absolute atomic E-state index is 0.411.